The monoisotopic (exact) mass is 435 g/mol. The first-order valence-corrected chi connectivity index (χ1v) is 12.1. The molecule has 0 saturated carbocycles. The van der Waals surface area contributed by atoms with E-state index in [2.05, 4.69) is 55.2 Å². The molecule has 0 saturated heterocycles. The maximum Gasteiger partial charge on any atom is 0.123 e. The summed E-state index contributed by atoms with van der Waals surface area (Å²) in [6.07, 6.45) is 9.89. The van der Waals surface area contributed by atoms with Gasteiger partial charge in [0.2, 0.25) is 0 Å². The van der Waals surface area contributed by atoms with Crippen molar-refractivity contribution in [1.82, 2.24) is 10.2 Å². The van der Waals surface area contributed by atoms with Gasteiger partial charge in [0.15, 0.2) is 0 Å². The topological polar surface area (TPSA) is 54.7 Å². The third-order valence-corrected chi connectivity index (χ3v) is 6.77. The normalized spacial score (nSPS) is 18.4. The number of halogens is 1. The minimum absolute atomic E-state index is 0.208. The largest absolute Gasteiger partial charge is 0.328 e. The van der Waals surface area contributed by atoms with Crippen LogP contribution in [0.3, 0.4) is 0 Å². The molecule has 3 nitrogen and oxygen atoms in total. The van der Waals surface area contributed by atoms with Crippen LogP contribution >= 0.6 is 0 Å². The summed E-state index contributed by atoms with van der Waals surface area (Å²) >= 11 is 0. The van der Waals surface area contributed by atoms with Crippen molar-refractivity contribution in [1.29, 1.82) is 0 Å². The van der Waals surface area contributed by atoms with Crippen molar-refractivity contribution in [3.05, 3.63) is 77.2 Å². The Morgan fingerprint density at radius 2 is 1.97 bits per heavy atom. The van der Waals surface area contributed by atoms with Gasteiger partial charge in [-0.2, -0.15) is 5.10 Å². The molecule has 4 rings (SSSR count). The van der Waals surface area contributed by atoms with Crippen LogP contribution < -0.4 is 5.73 Å². The van der Waals surface area contributed by atoms with Gasteiger partial charge >= 0.3 is 0 Å². The summed E-state index contributed by atoms with van der Waals surface area (Å²) in [5.41, 5.74) is 11.5. The van der Waals surface area contributed by atoms with Crippen molar-refractivity contribution in [2.75, 3.05) is 0 Å². The lowest BCUT2D eigenvalue weighted by Gasteiger charge is -2.32. The van der Waals surface area contributed by atoms with E-state index >= 15 is 0 Å². The first-order chi connectivity index (χ1) is 15.5. The van der Waals surface area contributed by atoms with Gasteiger partial charge in [-0.05, 0) is 78.8 Å². The summed E-state index contributed by atoms with van der Waals surface area (Å²) in [6, 6.07) is 16.2. The predicted molar refractivity (Wildman–Crippen MR) is 132 cm³/mol. The Morgan fingerprint density at radius 1 is 1.16 bits per heavy atom. The number of aromatic nitrogens is 2. The van der Waals surface area contributed by atoms with Crippen molar-refractivity contribution in [2.24, 2.45) is 11.7 Å². The lowest BCUT2D eigenvalue weighted by molar-refractivity contribution is 0.400. The van der Waals surface area contributed by atoms with E-state index in [9.17, 15) is 4.39 Å². The smallest absolute Gasteiger partial charge is 0.123 e. The maximum atomic E-state index is 13.8. The lowest BCUT2D eigenvalue weighted by Crippen LogP contribution is -2.20. The first-order valence-electron chi connectivity index (χ1n) is 12.1. The molecular weight excluding hydrogens is 397 g/mol. The molecule has 0 bridgehead atoms. The van der Waals surface area contributed by atoms with Crippen LogP contribution in [0.15, 0.2) is 54.7 Å². The first kappa shape index (κ1) is 24.2. The molecule has 2 aromatic carbocycles. The lowest BCUT2D eigenvalue weighted by atomic mass is 9.73. The second-order valence-electron chi connectivity index (χ2n) is 9.11. The van der Waals surface area contributed by atoms with Crippen molar-refractivity contribution in [2.45, 2.75) is 77.7 Å². The molecule has 0 radical (unpaired) electrons. The molecule has 1 aliphatic carbocycles. The van der Waals surface area contributed by atoms with Gasteiger partial charge < -0.3 is 5.73 Å². The minimum atomic E-state index is -0.208. The van der Waals surface area contributed by atoms with Crippen LogP contribution in [0.5, 0.6) is 0 Å². The van der Waals surface area contributed by atoms with E-state index < -0.39 is 0 Å². The van der Waals surface area contributed by atoms with Gasteiger partial charge in [-0.3, -0.25) is 5.10 Å². The fraction of sp³-hybridized carbons (Fsp3) is 0.464. The van der Waals surface area contributed by atoms with Crippen molar-refractivity contribution in [3.63, 3.8) is 0 Å². The van der Waals surface area contributed by atoms with Gasteiger partial charge in [0.05, 0.1) is 5.69 Å². The van der Waals surface area contributed by atoms with E-state index in [1.807, 2.05) is 12.1 Å². The van der Waals surface area contributed by atoms with Crippen LogP contribution in [0, 0.1) is 11.7 Å². The van der Waals surface area contributed by atoms with Crippen molar-refractivity contribution >= 4 is 0 Å². The van der Waals surface area contributed by atoms with Crippen LogP contribution in [-0.2, 0) is 12.8 Å². The quantitative estimate of drug-likeness (QED) is 0.418. The van der Waals surface area contributed by atoms with E-state index in [0.717, 1.165) is 30.5 Å². The number of hydrogen-bond donors (Lipinski definition) is 2. The van der Waals surface area contributed by atoms with Crippen LogP contribution in [0.1, 0.15) is 75.5 Å². The van der Waals surface area contributed by atoms with E-state index in [-0.39, 0.29) is 5.82 Å². The Hall–Kier alpha value is -2.46. The number of benzene rings is 2. The summed E-state index contributed by atoms with van der Waals surface area (Å²) in [7, 11) is 0. The second kappa shape index (κ2) is 12.0. The van der Waals surface area contributed by atoms with Crippen molar-refractivity contribution in [3.8, 4) is 11.3 Å². The van der Waals surface area contributed by atoms with E-state index in [1.165, 1.54) is 42.4 Å². The van der Waals surface area contributed by atoms with Gasteiger partial charge in [0.25, 0.3) is 0 Å². The molecule has 4 heteroatoms. The van der Waals surface area contributed by atoms with Crippen LogP contribution in [0.4, 0.5) is 4.39 Å². The zero-order valence-corrected chi connectivity index (χ0v) is 19.8. The summed E-state index contributed by atoms with van der Waals surface area (Å²) in [6.45, 7) is 6.67. The Morgan fingerprint density at radius 3 is 2.69 bits per heavy atom. The fourth-order valence-corrected chi connectivity index (χ4v) is 4.62. The van der Waals surface area contributed by atoms with Gasteiger partial charge in [0, 0.05) is 17.8 Å². The number of aromatic amines is 1. The summed E-state index contributed by atoms with van der Waals surface area (Å²) < 4.78 is 13.8. The number of rotatable bonds is 7. The SMILES string of the molecule is CC1CCc2ccccc2[C@@H]1Cc1ccc(F)cc1-c1ccn[nH]1.CCCC[C@H](N)CC. The summed E-state index contributed by atoms with van der Waals surface area (Å²) in [4.78, 5) is 0. The Balaban J connectivity index is 0.000000312. The molecule has 1 aliphatic rings. The van der Waals surface area contributed by atoms with Crippen LogP contribution in [0.25, 0.3) is 11.3 Å². The number of H-pyrrole nitrogens is 1. The number of nitrogens with two attached hydrogens (primary N) is 1. The highest BCUT2D eigenvalue weighted by Gasteiger charge is 2.27. The second-order valence-corrected chi connectivity index (χ2v) is 9.11. The van der Waals surface area contributed by atoms with E-state index in [4.69, 9.17) is 5.73 Å². The Labute approximate surface area is 192 Å². The molecule has 0 aliphatic heterocycles. The number of aryl methyl sites for hydroxylation is 1. The maximum absolute atomic E-state index is 13.8. The van der Waals surface area contributed by atoms with Crippen LogP contribution in [0.2, 0.25) is 0 Å². The highest BCUT2D eigenvalue weighted by Crippen LogP contribution is 2.39. The zero-order chi connectivity index (χ0) is 22.9. The van der Waals surface area contributed by atoms with Gasteiger partial charge in [-0.25, -0.2) is 4.39 Å². The molecule has 3 atom stereocenters. The third kappa shape index (κ3) is 6.29. The average Bonchev–Trinajstić information content (AvgIpc) is 3.35. The van der Waals surface area contributed by atoms with Gasteiger partial charge in [0.1, 0.15) is 5.82 Å². The van der Waals surface area contributed by atoms with Crippen molar-refractivity contribution < 1.29 is 4.39 Å². The van der Waals surface area contributed by atoms with Gasteiger partial charge in [-0.1, -0.05) is 63.9 Å². The highest BCUT2D eigenvalue weighted by atomic mass is 19.1. The number of hydrogen-bond acceptors (Lipinski definition) is 2. The summed E-state index contributed by atoms with van der Waals surface area (Å²) in [5.74, 6) is 0.891. The number of fused-ring (bicyclic) bond motifs is 1. The molecule has 0 spiro atoms. The number of nitrogens with zero attached hydrogens (tertiary/aromatic N) is 1. The highest BCUT2D eigenvalue weighted by molar-refractivity contribution is 5.63. The molecule has 32 heavy (non-hydrogen) atoms. The molecular formula is C28H38FN3. The molecule has 3 N–H and O–H groups in total. The predicted octanol–water partition coefficient (Wildman–Crippen LogP) is 7.04. The molecule has 1 heterocycles. The Bertz CT molecular complexity index is 951. The van der Waals surface area contributed by atoms with Crippen LogP contribution in [-0.4, -0.2) is 16.2 Å². The standard InChI is InChI=1S/C21H21FN2.C7H17N/c1-14-6-7-15-4-2-3-5-18(15)19(14)12-16-8-9-17(22)13-20(16)21-10-11-23-24-21;1-3-5-6-7(8)4-2/h2-5,8-11,13-14,19H,6-7,12H2,1H3,(H,23,24);7H,3-6,8H2,1-2H3/t14?,19-;7-/m11/s1. The molecule has 0 amide bonds. The van der Waals surface area contributed by atoms with Gasteiger partial charge in [-0.15, -0.1) is 0 Å². The zero-order valence-electron chi connectivity index (χ0n) is 19.8. The van der Waals surface area contributed by atoms with E-state index in [0.29, 0.717) is 17.9 Å². The minimum Gasteiger partial charge on any atom is -0.328 e. The average molecular weight is 436 g/mol. The molecule has 0 fully saturated rings. The number of unbranched alkanes of at least 4 members (excludes halogenated alkanes) is 1. The molecule has 172 valence electrons. The third-order valence-electron chi connectivity index (χ3n) is 6.77. The number of nitrogens with one attached hydrogen (secondary N) is 1. The molecule has 1 unspecified atom stereocenters. The summed E-state index contributed by atoms with van der Waals surface area (Å²) in [5, 5.41) is 6.99. The molecule has 3 aromatic rings. The Kier molecular flexibility index (Phi) is 9.04. The fourth-order valence-electron chi connectivity index (χ4n) is 4.62. The molecule has 1 aromatic heterocycles. The van der Waals surface area contributed by atoms with E-state index in [1.54, 1.807) is 18.3 Å².